The molecule has 2 aliphatic heterocycles. The standard InChI is InChI=1S/C32H41F5N6O5S/c1-32(2,3)48-31(46)42-17-6-5-9-23(42)14-16-40-29(44)28(22-8-7-15-39-19-22)43(30(45)27-18-25(47-4)20-41(27)21-38)24-10-12-26(13-11-24)49(33,34,35,36)37/h7-8,10-13,15,19,23,25,27-28H,5-6,9,14,16-18,20H2,1-4H3,(H,40,44)/t23?,25-,27-,28?/m1/s1. The van der Waals surface area contributed by atoms with Crippen LogP contribution < -0.4 is 10.2 Å². The van der Waals surface area contributed by atoms with Crippen molar-refractivity contribution in [1.29, 1.82) is 5.26 Å². The lowest BCUT2D eigenvalue weighted by Crippen LogP contribution is -2.51. The van der Waals surface area contributed by atoms with E-state index in [2.05, 4.69) is 10.3 Å². The second kappa shape index (κ2) is 13.6. The number of rotatable bonds is 10. The Morgan fingerprint density at radius 1 is 1.12 bits per heavy atom. The van der Waals surface area contributed by atoms with Crippen molar-refractivity contribution in [3.63, 3.8) is 0 Å². The van der Waals surface area contributed by atoms with Gasteiger partial charge < -0.3 is 19.7 Å². The van der Waals surface area contributed by atoms with Gasteiger partial charge in [0.05, 0.1) is 12.6 Å². The zero-order valence-corrected chi connectivity index (χ0v) is 28.5. The van der Waals surface area contributed by atoms with Crippen LogP contribution in [-0.4, -0.2) is 83.2 Å². The Kier molecular flexibility index (Phi) is 10.5. The molecule has 3 heterocycles. The normalized spacial score (nSPS) is 21.9. The Labute approximate surface area is 282 Å². The number of carbonyl (C=O) groups is 3. The van der Waals surface area contributed by atoms with Crippen LogP contribution in [0.3, 0.4) is 0 Å². The number of anilines is 1. The molecule has 2 aromatic rings. The number of hydrogen-bond acceptors (Lipinski definition) is 8. The summed E-state index contributed by atoms with van der Waals surface area (Å²) >= 11 is 0. The fraction of sp³-hybridized carbons (Fsp3) is 0.531. The van der Waals surface area contributed by atoms with Crippen LogP contribution in [0.15, 0.2) is 53.7 Å². The molecule has 4 rings (SSSR count). The lowest BCUT2D eigenvalue weighted by atomic mass is 9.99. The molecule has 0 aliphatic carbocycles. The van der Waals surface area contributed by atoms with Crippen molar-refractivity contribution in [3.8, 4) is 6.19 Å². The highest BCUT2D eigenvalue weighted by Crippen LogP contribution is 3.02. The molecule has 4 atom stereocenters. The summed E-state index contributed by atoms with van der Waals surface area (Å²) in [6, 6.07) is 1.73. The van der Waals surface area contributed by atoms with Crippen molar-refractivity contribution in [1.82, 2.24) is 20.1 Å². The molecule has 3 amide bonds. The molecule has 1 N–H and O–H groups in total. The van der Waals surface area contributed by atoms with E-state index in [9.17, 15) is 39.1 Å². The lowest BCUT2D eigenvalue weighted by molar-refractivity contribution is -0.128. The molecule has 0 spiro atoms. The van der Waals surface area contributed by atoms with E-state index < -0.39 is 56.8 Å². The van der Waals surface area contributed by atoms with E-state index in [0.29, 0.717) is 31.5 Å². The second-order valence-corrected chi connectivity index (χ2v) is 15.5. The summed E-state index contributed by atoms with van der Waals surface area (Å²) in [5, 5.41) is 12.6. The molecule has 11 nitrogen and oxygen atoms in total. The zero-order valence-electron chi connectivity index (χ0n) is 27.7. The van der Waals surface area contributed by atoms with Crippen molar-refractivity contribution in [2.75, 3.05) is 31.6 Å². The van der Waals surface area contributed by atoms with Crippen LogP contribution in [0.5, 0.6) is 0 Å². The van der Waals surface area contributed by atoms with Crippen molar-refractivity contribution in [3.05, 3.63) is 54.4 Å². The van der Waals surface area contributed by atoms with E-state index in [4.69, 9.17) is 9.47 Å². The number of pyridine rings is 1. The summed E-state index contributed by atoms with van der Waals surface area (Å²) in [5.41, 5.74) is -0.829. The van der Waals surface area contributed by atoms with Gasteiger partial charge in [-0.25, -0.2) is 4.79 Å². The smallest absolute Gasteiger partial charge is 0.410 e. The third-order valence-corrected chi connectivity index (χ3v) is 9.51. The van der Waals surface area contributed by atoms with Gasteiger partial charge in [-0.1, -0.05) is 25.5 Å². The lowest BCUT2D eigenvalue weighted by Gasteiger charge is -2.41. The fourth-order valence-corrected chi connectivity index (χ4v) is 6.67. The van der Waals surface area contributed by atoms with Crippen LogP contribution in [0.2, 0.25) is 0 Å². The second-order valence-electron chi connectivity index (χ2n) is 13.1. The Morgan fingerprint density at radius 3 is 2.39 bits per heavy atom. The van der Waals surface area contributed by atoms with Crippen molar-refractivity contribution >= 4 is 33.8 Å². The SMILES string of the molecule is CO[C@@H]1C[C@H](C(=O)N(c2ccc(S(F)(F)(F)(F)F)cc2)C(C(=O)NCCC2CCCCN2C(=O)OC(C)(C)C)c2cccnc2)N(C#N)C1. The third kappa shape index (κ3) is 9.50. The number of ether oxygens (including phenoxy) is 2. The van der Waals surface area contributed by atoms with Gasteiger partial charge in [-0.05, 0) is 76.8 Å². The van der Waals surface area contributed by atoms with Crippen molar-refractivity contribution in [2.24, 2.45) is 0 Å². The number of nitrogens with zero attached hydrogens (tertiary/aromatic N) is 5. The van der Waals surface area contributed by atoms with Crippen molar-refractivity contribution < 1.29 is 43.3 Å². The molecule has 2 saturated heterocycles. The first-order valence-corrected chi connectivity index (χ1v) is 17.7. The Morgan fingerprint density at radius 2 is 1.82 bits per heavy atom. The summed E-state index contributed by atoms with van der Waals surface area (Å²) in [6.07, 6.45) is 6.27. The highest BCUT2D eigenvalue weighted by molar-refractivity contribution is 8.45. The van der Waals surface area contributed by atoms with E-state index in [-0.39, 0.29) is 48.9 Å². The van der Waals surface area contributed by atoms with E-state index in [0.717, 1.165) is 22.6 Å². The molecule has 0 radical (unpaired) electrons. The summed E-state index contributed by atoms with van der Waals surface area (Å²) in [4.78, 5) is 46.8. The summed E-state index contributed by atoms with van der Waals surface area (Å²) in [7, 11) is -8.68. The maximum Gasteiger partial charge on any atom is 0.410 e. The topological polar surface area (TPSA) is 128 Å². The highest BCUT2D eigenvalue weighted by atomic mass is 32.5. The van der Waals surface area contributed by atoms with Gasteiger partial charge in [0.15, 0.2) is 6.19 Å². The average Bonchev–Trinajstić information content (AvgIpc) is 3.46. The van der Waals surface area contributed by atoms with E-state index in [1.807, 2.05) is 6.19 Å². The van der Waals surface area contributed by atoms with E-state index in [1.165, 1.54) is 31.6 Å². The first-order chi connectivity index (χ1) is 22.7. The Hall–Kier alpha value is -4.17. The van der Waals surface area contributed by atoms with Gasteiger partial charge in [-0.2, -0.15) is 5.26 Å². The number of benzene rings is 1. The number of carbonyl (C=O) groups excluding carboxylic acids is 3. The monoisotopic (exact) mass is 716 g/mol. The largest absolute Gasteiger partial charge is 0.444 e. The number of amides is 3. The third-order valence-electron chi connectivity index (χ3n) is 8.35. The first-order valence-electron chi connectivity index (χ1n) is 15.8. The minimum atomic E-state index is -10.1. The quantitative estimate of drug-likeness (QED) is 0.213. The molecule has 2 unspecified atom stereocenters. The number of aromatic nitrogens is 1. The van der Waals surface area contributed by atoms with Gasteiger partial charge in [0.25, 0.3) is 5.91 Å². The number of halogens is 5. The van der Waals surface area contributed by atoms with Gasteiger partial charge in [0, 0.05) is 56.3 Å². The molecule has 1 aromatic heterocycles. The number of nitrogens with one attached hydrogen (secondary N) is 1. The molecule has 0 saturated carbocycles. The van der Waals surface area contributed by atoms with Crippen LogP contribution in [0.4, 0.5) is 29.9 Å². The zero-order chi connectivity index (χ0) is 36.3. The minimum absolute atomic E-state index is 0.0203. The van der Waals surface area contributed by atoms with Gasteiger partial charge in [-0.3, -0.25) is 24.4 Å². The average molecular weight is 717 g/mol. The van der Waals surface area contributed by atoms with Gasteiger partial charge in [0.1, 0.15) is 22.6 Å². The number of likely N-dealkylation sites (tertiary alicyclic amines) is 2. The molecule has 0 bridgehead atoms. The van der Waals surface area contributed by atoms with Crippen LogP contribution >= 0.6 is 10.2 Å². The molecule has 2 fully saturated rings. The van der Waals surface area contributed by atoms with Crippen LogP contribution in [-0.2, 0) is 19.1 Å². The molecular weight excluding hydrogens is 675 g/mol. The summed E-state index contributed by atoms with van der Waals surface area (Å²) in [6.45, 7) is 5.84. The number of methoxy groups -OCH3 is 1. The molecule has 1 aromatic carbocycles. The number of piperidine rings is 1. The Balaban J connectivity index is 1.69. The van der Waals surface area contributed by atoms with Gasteiger partial charge in [0.2, 0.25) is 5.91 Å². The number of nitriles is 1. The van der Waals surface area contributed by atoms with E-state index >= 15 is 0 Å². The fourth-order valence-electron chi connectivity index (χ4n) is 6.02. The minimum Gasteiger partial charge on any atom is -0.444 e. The summed E-state index contributed by atoms with van der Waals surface area (Å²) in [5.74, 6) is -1.59. The molecule has 49 heavy (non-hydrogen) atoms. The molecular formula is C32H41F5N6O5S. The predicted octanol–water partition coefficient (Wildman–Crippen LogP) is 6.68. The van der Waals surface area contributed by atoms with Crippen LogP contribution in [0.1, 0.15) is 64.5 Å². The maximum absolute atomic E-state index is 14.3. The van der Waals surface area contributed by atoms with Gasteiger partial charge in [-0.15, -0.1) is 0 Å². The molecule has 17 heteroatoms. The van der Waals surface area contributed by atoms with E-state index in [1.54, 1.807) is 25.7 Å². The Bertz CT molecular complexity index is 1550. The van der Waals surface area contributed by atoms with Crippen molar-refractivity contribution in [2.45, 2.75) is 87.6 Å². The predicted molar refractivity (Wildman–Crippen MR) is 172 cm³/mol. The van der Waals surface area contributed by atoms with Crippen LogP contribution in [0, 0.1) is 11.5 Å². The summed E-state index contributed by atoms with van der Waals surface area (Å²) < 4.78 is 79.0. The van der Waals surface area contributed by atoms with Gasteiger partial charge >= 0.3 is 16.3 Å². The maximum atomic E-state index is 14.3. The van der Waals surface area contributed by atoms with Crippen LogP contribution in [0.25, 0.3) is 0 Å². The first kappa shape index (κ1) is 37.6. The highest BCUT2D eigenvalue weighted by Gasteiger charge is 2.65. The molecule has 2 aliphatic rings. The molecule has 270 valence electrons. The number of hydrogen-bond donors (Lipinski definition) is 1.